The van der Waals surface area contributed by atoms with E-state index in [-0.39, 0.29) is 31.1 Å². The first-order chi connectivity index (χ1) is 38.8. The van der Waals surface area contributed by atoms with Gasteiger partial charge in [0.15, 0.2) is 0 Å². The second kappa shape index (κ2) is 30.4. The van der Waals surface area contributed by atoms with Gasteiger partial charge < -0.3 is 30.9 Å². The molecule has 7 aromatic carbocycles. The van der Waals surface area contributed by atoms with E-state index in [0.717, 1.165) is 33.4 Å². The molecule has 0 saturated heterocycles. The second-order valence-corrected chi connectivity index (χ2v) is 22.7. The summed E-state index contributed by atoms with van der Waals surface area (Å²) in [5, 5.41) is 32.0. The lowest BCUT2D eigenvalue weighted by Gasteiger charge is -2.37. The van der Waals surface area contributed by atoms with E-state index >= 15 is 0 Å². The lowest BCUT2D eigenvalue weighted by molar-refractivity contribution is -0.145. The molecule has 80 heavy (non-hydrogen) atoms. The first-order valence-electron chi connectivity index (χ1n) is 26.9. The third-order valence-corrected chi connectivity index (χ3v) is 17.2. The van der Waals surface area contributed by atoms with Crippen LogP contribution in [0.3, 0.4) is 0 Å². The summed E-state index contributed by atoms with van der Waals surface area (Å²) in [7, 11) is 0. The number of thioether (sulfide) groups is 2. The van der Waals surface area contributed by atoms with Gasteiger partial charge in [0.1, 0.15) is 18.7 Å². The number of nitrogens with one attached hydrogen (secondary N) is 3. The Bertz CT molecular complexity index is 2890. The van der Waals surface area contributed by atoms with Crippen molar-refractivity contribution in [2.24, 2.45) is 5.92 Å². The Hall–Kier alpha value is -7.19. The molecule has 5 atom stereocenters. The summed E-state index contributed by atoms with van der Waals surface area (Å²) in [6, 6.07) is 64.5. The van der Waals surface area contributed by atoms with E-state index in [0.29, 0.717) is 22.8 Å². The van der Waals surface area contributed by atoms with Gasteiger partial charge in [0.25, 0.3) is 0 Å². The quantitative estimate of drug-likeness (QED) is 0.0133. The summed E-state index contributed by atoms with van der Waals surface area (Å²) in [5.74, 6) is -2.21. The summed E-state index contributed by atoms with van der Waals surface area (Å²) in [4.78, 5) is 56.7. The van der Waals surface area contributed by atoms with Crippen molar-refractivity contribution in [3.8, 4) is 0 Å². The van der Waals surface area contributed by atoms with Crippen molar-refractivity contribution in [3.63, 3.8) is 0 Å². The van der Waals surface area contributed by atoms with Gasteiger partial charge in [-0.05, 0) is 69.2 Å². The number of ether oxygens (including phenoxy) is 1. The van der Waals surface area contributed by atoms with E-state index in [1.165, 1.54) is 17.8 Å². The third kappa shape index (κ3) is 16.2. The molecule has 0 bridgehead atoms. The zero-order valence-corrected chi connectivity index (χ0v) is 47.5. The Morgan fingerprint density at radius 1 is 0.588 bits per heavy atom. The molecule has 0 aliphatic carbocycles. The first kappa shape index (κ1) is 60.5. The summed E-state index contributed by atoms with van der Waals surface area (Å²) in [5.41, 5.74) is 6.85. The monoisotopic (exact) mass is 1130 g/mol. The standard InChI is InChI=1S/C67H70ClN3O7S2/c1-4-41-78-62(75)46-60(73)63(48(2)3)71-65(77)59(47-80-67(53-33-17-8-18-34-53,54-35-19-9-20-36-54)55-37-21-10-22-38-55)70-64(76)58(44-49-26-25-39-56(68)43-49)69-61(74)45-57(72)40-23-24-42-79-66(50-27-11-5-12-28-50,51-29-13-6-14-30-51)52-31-15-7-16-32-52/h4-23,25-40,43,48,57-60,63,72-73H,1,24,41-42,44-47H2,2-3H3,(H,69,74)(H,70,76)(H,71,77)/t57?,58?,59?,60-,63+/m0/s1. The Morgan fingerprint density at radius 2 is 1.04 bits per heavy atom. The number of aliphatic hydroxyl groups is 2. The first-order valence-corrected chi connectivity index (χ1v) is 29.2. The number of benzene rings is 7. The van der Waals surface area contributed by atoms with Gasteiger partial charge in [-0.15, -0.1) is 23.5 Å². The number of aliphatic hydroxyl groups excluding tert-OH is 2. The predicted molar refractivity (Wildman–Crippen MR) is 325 cm³/mol. The SMILES string of the molecule is C=CCOC(=O)C[C@H](O)[C@H](NC(=O)C(CSC(c1ccccc1)(c1ccccc1)c1ccccc1)NC(=O)C(Cc1cccc(Cl)c1)NC(=O)CC(O)C=CCCSC(c1ccccc1)(c1ccccc1)c1ccccc1)C(C)C. The van der Waals surface area contributed by atoms with E-state index in [2.05, 4.69) is 95.3 Å². The Labute approximate surface area is 484 Å². The smallest absolute Gasteiger partial charge is 0.308 e. The highest BCUT2D eigenvalue weighted by Crippen LogP contribution is 2.50. The molecule has 13 heteroatoms. The Morgan fingerprint density at radius 3 is 1.48 bits per heavy atom. The van der Waals surface area contributed by atoms with Crippen molar-refractivity contribution in [1.29, 1.82) is 0 Å². The largest absolute Gasteiger partial charge is 0.461 e. The van der Waals surface area contributed by atoms with Gasteiger partial charge >= 0.3 is 5.97 Å². The Balaban J connectivity index is 1.13. The Kier molecular flexibility index (Phi) is 23.0. The number of carbonyl (C=O) groups excluding carboxylic acids is 4. The van der Waals surface area contributed by atoms with Crippen molar-refractivity contribution in [1.82, 2.24) is 16.0 Å². The van der Waals surface area contributed by atoms with E-state index in [1.807, 2.05) is 129 Å². The van der Waals surface area contributed by atoms with Crippen LogP contribution < -0.4 is 16.0 Å². The molecule has 3 unspecified atom stereocenters. The maximum Gasteiger partial charge on any atom is 0.308 e. The van der Waals surface area contributed by atoms with Crippen LogP contribution in [-0.2, 0) is 39.8 Å². The number of hydrogen-bond donors (Lipinski definition) is 5. The molecule has 5 N–H and O–H groups in total. The van der Waals surface area contributed by atoms with Crippen molar-refractivity contribution in [3.05, 3.63) is 275 Å². The molecule has 0 heterocycles. The van der Waals surface area contributed by atoms with Crippen LogP contribution in [0.2, 0.25) is 5.02 Å². The van der Waals surface area contributed by atoms with Crippen molar-refractivity contribution >= 4 is 58.8 Å². The highest BCUT2D eigenvalue weighted by Gasteiger charge is 2.41. The lowest BCUT2D eigenvalue weighted by atomic mass is 9.84. The molecule has 10 nitrogen and oxygen atoms in total. The van der Waals surface area contributed by atoms with Crippen LogP contribution in [0.1, 0.15) is 72.1 Å². The van der Waals surface area contributed by atoms with Gasteiger partial charge in [0.2, 0.25) is 17.7 Å². The fourth-order valence-electron chi connectivity index (χ4n) is 9.83. The van der Waals surface area contributed by atoms with E-state index in [4.69, 9.17) is 16.3 Å². The zero-order chi connectivity index (χ0) is 56.7. The fraction of sp³-hybridized carbons (Fsp3) is 0.254. The molecule has 3 amide bonds. The van der Waals surface area contributed by atoms with Gasteiger partial charge in [-0.25, -0.2) is 0 Å². The van der Waals surface area contributed by atoms with Crippen molar-refractivity contribution in [2.45, 2.75) is 79.4 Å². The molecule has 0 saturated carbocycles. The molecular formula is C67H70ClN3O7S2. The predicted octanol–water partition coefficient (Wildman–Crippen LogP) is 11.6. The number of esters is 1. The van der Waals surface area contributed by atoms with Gasteiger partial charge in [-0.1, -0.05) is 244 Å². The van der Waals surface area contributed by atoms with Crippen LogP contribution in [0.15, 0.2) is 231 Å². The molecule has 0 aliphatic rings. The summed E-state index contributed by atoms with van der Waals surface area (Å²) in [6.45, 7) is 7.17. The average molecular weight is 1130 g/mol. The minimum atomic E-state index is -1.34. The number of halogens is 1. The maximum atomic E-state index is 15.0. The molecule has 7 aromatic rings. The molecule has 0 spiro atoms. The summed E-state index contributed by atoms with van der Waals surface area (Å²) < 4.78 is 3.75. The number of allylic oxidation sites excluding steroid dienone is 1. The van der Waals surface area contributed by atoms with E-state index in [9.17, 15) is 29.4 Å². The number of hydrogen-bond acceptors (Lipinski definition) is 9. The van der Waals surface area contributed by atoms with Crippen LogP contribution in [0.25, 0.3) is 0 Å². The van der Waals surface area contributed by atoms with Crippen molar-refractivity contribution < 1.29 is 34.1 Å². The summed E-state index contributed by atoms with van der Waals surface area (Å²) >= 11 is 9.70. The molecular weight excluding hydrogens is 1060 g/mol. The minimum absolute atomic E-state index is 0.00132. The third-order valence-electron chi connectivity index (χ3n) is 13.7. The minimum Gasteiger partial charge on any atom is -0.461 e. The van der Waals surface area contributed by atoms with E-state index in [1.54, 1.807) is 42.1 Å². The fourth-order valence-corrected chi connectivity index (χ4v) is 13.1. The van der Waals surface area contributed by atoms with Crippen LogP contribution in [-0.4, -0.2) is 82.3 Å². The van der Waals surface area contributed by atoms with Gasteiger partial charge in [0, 0.05) is 17.2 Å². The molecule has 0 aromatic heterocycles. The average Bonchev–Trinajstić information content (AvgIpc) is 3.52. The zero-order valence-electron chi connectivity index (χ0n) is 45.1. The molecule has 0 fully saturated rings. The normalized spacial score (nSPS) is 13.6. The number of amides is 3. The van der Waals surface area contributed by atoms with Gasteiger partial charge in [0.05, 0.1) is 40.6 Å². The van der Waals surface area contributed by atoms with Crippen LogP contribution >= 0.6 is 35.1 Å². The maximum absolute atomic E-state index is 15.0. The molecule has 414 valence electrons. The van der Waals surface area contributed by atoms with Crippen molar-refractivity contribution in [2.75, 3.05) is 18.1 Å². The molecule has 7 rings (SSSR count). The lowest BCUT2D eigenvalue weighted by Crippen LogP contribution is -2.58. The molecule has 0 radical (unpaired) electrons. The van der Waals surface area contributed by atoms with Gasteiger partial charge in [-0.3, -0.25) is 19.2 Å². The highest BCUT2D eigenvalue weighted by atomic mass is 35.5. The second-order valence-electron chi connectivity index (χ2n) is 19.7. The summed E-state index contributed by atoms with van der Waals surface area (Å²) in [6.07, 6.45) is 2.24. The molecule has 0 aliphatic heterocycles. The van der Waals surface area contributed by atoms with Gasteiger partial charge in [-0.2, -0.15) is 0 Å². The van der Waals surface area contributed by atoms with E-state index < -0.39 is 69.9 Å². The van der Waals surface area contributed by atoms with Crippen LogP contribution in [0.4, 0.5) is 0 Å². The number of rotatable bonds is 29. The van der Waals surface area contributed by atoms with Crippen LogP contribution in [0, 0.1) is 5.92 Å². The topological polar surface area (TPSA) is 154 Å². The van der Waals surface area contributed by atoms with Crippen LogP contribution in [0.5, 0.6) is 0 Å². The number of carbonyl (C=O) groups is 4. The highest BCUT2D eigenvalue weighted by molar-refractivity contribution is 8.00.